The van der Waals surface area contributed by atoms with Crippen LogP contribution in [0.3, 0.4) is 0 Å². The van der Waals surface area contributed by atoms with Crippen LogP contribution in [0.1, 0.15) is 18.9 Å². The second-order valence-corrected chi connectivity index (χ2v) is 4.26. The van der Waals surface area contributed by atoms with Crippen molar-refractivity contribution in [3.63, 3.8) is 0 Å². The predicted octanol–water partition coefficient (Wildman–Crippen LogP) is -0.401. The van der Waals surface area contributed by atoms with Gasteiger partial charge in [-0.05, 0) is 18.8 Å². The van der Waals surface area contributed by atoms with Gasteiger partial charge in [-0.3, -0.25) is 4.57 Å². The largest absolute Gasteiger partial charge is 0.346 e. The fourth-order valence-corrected chi connectivity index (χ4v) is 1.74. The summed E-state index contributed by atoms with van der Waals surface area (Å²) in [6.07, 6.45) is 4.19. The average Bonchev–Trinajstić information content (AvgIpc) is 2.82. The van der Waals surface area contributed by atoms with Crippen LogP contribution in [0.5, 0.6) is 0 Å². The standard InChI is InChI=1S/C9H14N4O/c14-9-12(8-3-10-4-8)6-11-13(9)5-7-1-2-7/h6-8,10H,1-5H2. The molecule has 0 bridgehead atoms. The van der Waals surface area contributed by atoms with Crippen LogP contribution in [-0.2, 0) is 6.54 Å². The van der Waals surface area contributed by atoms with Gasteiger partial charge in [0.15, 0.2) is 0 Å². The lowest BCUT2D eigenvalue weighted by Crippen LogP contribution is -2.46. The number of hydrogen-bond donors (Lipinski definition) is 1. The van der Waals surface area contributed by atoms with Crippen molar-refractivity contribution in [3.8, 4) is 0 Å². The Balaban J connectivity index is 1.83. The topological polar surface area (TPSA) is 51.9 Å². The summed E-state index contributed by atoms with van der Waals surface area (Å²) >= 11 is 0. The Labute approximate surface area is 81.7 Å². The molecule has 76 valence electrons. The van der Waals surface area contributed by atoms with Gasteiger partial charge >= 0.3 is 5.69 Å². The summed E-state index contributed by atoms with van der Waals surface area (Å²) in [4.78, 5) is 11.8. The Morgan fingerprint density at radius 1 is 1.50 bits per heavy atom. The van der Waals surface area contributed by atoms with E-state index in [-0.39, 0.29) is 5.69 Å². The molecular formula is C9H14N4O. The van der Waals surface area contributed by atoms with Crippen LogP contribution in [0.2, 0.25) is 0 Å². The van der Waals surface area contributed by atoms with Gasteiger partial charge in [0.2, 0.25) is 0 Å². The molecule has 0 unspecified atom stereocenters. The summed E-state index contributed by atoms with van der Waals surface area (Å²) in [5.74, 6) is 0.704. The molecule has 1 saturated carbocycles. The van der Waals surface area contributed by atoms with E-state index >= 15 is 0 Å². The van der Waals surface area contributed by atoms with Crippen LogP contribution in [-0.4, -0.2) is 27.4 Å². The maximum Gasteiger partial charge on any atom is 0.346 e. The van der Waals surface area contributed by atoms with Crippen molar-refractivity contribution in [2.45, 2.75) is 25.4 Å². The van der Waals surface area contributed by atoms with Crippen LogP contribution in [0.4, 0.5) is 0 Å². The molecule has 0 spiro atoms. The third-order valence-electron chi connectivity index (χ3n) is 3.04. The number of nitrogens with one attached hydrogen (secondary N) is 1. The Bertz CT molecular complexity index is 386. The van der Waals surface area contributed by atoms with Gasteiger partial charge in [-0.2, -0.15) is 5.10 Å². The van der Waals surface area contributed by atoms with E-state index < -0.39 is 0 Å². The molecule has 1 aliphatic carbocycles. The van der Waals surface area contributed by atoms with Crippen LogP contribution < -0.4 is 11.0 Å². The highest BCUT2D eigenvalue weighted by molar-refractivity contribution is 4.86. The fourth-order valence-electron chi connectivity index (χ4n) is 1.74. The van der Waals surface area contributed by atoms with E-state index in [0.29, 0.717) is 12.0 Å². The van der Waals surface area contributed by atoms with Gasteiger partial charge in [-0.15, -0.1) is 0 Å². The van der Waals surface area contributed by atoms with E-state index in [0.717, 1.165) is 19.6 Å². The smallest absolute Gasteiger partial charge is 0.313 e. The molecule has 1 N–H and O–H groups in total. The second-order valence-electron chi connectivity index (χ2n) is 4.26. The third-order valence-corrected chi connectivity index (χ3v) is 3.04. The highest BCUT2D eigenvalue weighted by atomic mass is 16.2. The lowest BCUT2D eigenvalue weighted by atomic mass is 10.2. The minimum absolute atomic E-state index is 0.0587. The van der Waals surface area contributed by atoms with E-state index in [4.69, 9.17) is 0 Å². The van der Waals surface area contributed by atoms with Crippen LogP contribution in [0.15, 0.2) is 11.1 Å². The van der Waals surface area contributed by atoms with Crippen molar-refractivity contribution < 1.29 is 0 Å². The lowest BCUT2D eigenvalue weighted by molar-refractivity contribution is 0.333. The maximum absolute atomic E-state index is 11.8. The van der Waals surface area contributed by atoms with Gasteiger partial charge in [0, 0.05) is 19.6 Å². The normalized spacial score (nSPS) is 22.3. The van der Waals surface area contributed by atoms with Gasteiger partial charge in [0.1, 0.15) is 6.33 Å². The van der Waals surface area contributed by atoms with E-state index in [1.807, 2.05) is 0 Å². The first kappa shape index (κ1) is 8.23. The second kappa shape index (κ2) is 2.95. The molecule has 5 heteroatoms. The van der Waals surface area contributed by atoms with Gasteiger partial charge < -0.3 is 5.32 Å². The highest BCUT2D eigenvalue weighted by Gasteiger charge is 2.25. The molecule has 1 aromatic heterocycles. The molecule has 0 aromatic carbocycles. The average molecular weight is 194 g/mol. The molecule has 0 radical (unpaired) electrons. The molecule has 14 heavy (non-hydrogen) atoms. The molecule has 1 aliphatic heterocycles. The first-order valence-electron chi connectivity index (χ1n) is 5.19. The minimum atomic E-state index is 0.0587. The van der Waals surface area contributed by atoms with Crippen molar-refractivity contribution in [3.05, 3.63) is 16.8 Å². The predicted molar refractivity (Wildman–Crippen MR) is 51.1 cm³/mol. The Hall–Kier alpha value is -1.10. The number of rotatable bonds is 3. The molecule has 5 nitrogen and oxygen atoms in total. The van der Waals surface area contributed by atoms with Crippen LogP contribution in [0.25, 0.3) is 0 Å². The van der Waals surface area contributed by atoms with Gasteiger partial charge in [0.05, 0.1) is 6.04 Å². The summed E-state index contributed by atoms with van der Waals surface area (Å²) < 4.78 is 3.36. The maximum atomic E-state index is 11.8. The molecule has 3 rings (SSSR count). The first-order valence-corrected chi connectivity index (χ1v) is 5.19. The Morgan fingerprint density at radius 3 is 2.86 bits per heavy atom. The van der Waals surface area contributed by atoms with E-state index in [1.165, 1.54) is 12.8 Å². The molecule has 0 atom stereocenters. The number of aromatic nitrogens is 3. The van der Waals surface area contributed by atoms with Gasteiger partial charge in [0.25, 0.3) is 0 Å². The van der Waals surface area contributed by atoms with E-state index in [9.17, 15) is 4.79 Å². The SMILES string of the molecule is O=c1n(C2CNC2)cnn1CC1CC1. The molecule has 1 saturated heterocycles. The summed E-state index contributed by atoms with van der Waals surface area (Å²) in [6.45, 7) is 2.61. The molecule has 0 amide bonds. The lowest BCUT2D eigenvalue weighted by Gasteiger charge is -2.26. The van der Waals surface area contributed by atoms with Crippen molar-refractivity contribution in [2.75, 3.05) is 13.1 Å². The van der Waals surface area contributed by atoms with E-state index in [1.54, 1.807) is 15.6 Å². The monoisotopic (exact) mass is 194 g/mol. The van der Waals surface area contributed by atoms with E-state index in [2.05, 4.69) is 10.4 Å². The number of nitrogens with zero attached hydrogens (tertiary/aromatic N) is 3. The zero-order valence-electron chi connectivity index (χ0n) is 8.02. The molecule has 2 aliphatic rings. The third kappa shape index (κ3) is 1.28. The van der Waals surface area contributed by atoms with Crippen molar-refractivity contribution in [1.29, 1.82) is 0 Å². The van der Waals surface area contributed by atoms with Crippen molar-refractivity contribution in [2.24, 2.45) is 5.92 Å². The summed E-state index contributed by atoms with van der Waals surface area (Å²) in [5, 5.41) is 7.29. The number of hydrogen-bond acceptors (Lipinski definition) is 3. The van der Waals surface area contributed by atoms with Crippen molar-refractivity contribution in [1.82, 2.24) is 19.7 Å². The van der Waals surface area contributed by atoms with Crippen LogP contribution >= 0.6 is 0 Å². The summed E-state index contributed by atoms with van der Waals surface area (Å²) in [5.41, 5.74) is 0.0587. The first-order chi connectivity index (χ1) is 6.84. The Kier molecular flexibility index (Phi) is 1.73. The zero-order chi connectivity index (χ0) is 9.54. The quantitative estimate of drug-likeness (QED) is 0.712. The molecule has 1 aromatic rings. The van der Waals surface area contributed by atoms with Crippen LogP contribution in [0, 0.1) is 5.92 Å². The fraction of sp³-hybridized carbons (Fsp3) is 0.778. The minimum Gasteiger partial charge on any atom is -0.313 e. The van der Waals surface area contributed by atoms with Gasteiger partial charge in [-0.1, -0.05) is 0 Å². The molecule has 2 heterocycles. The molecule has 2 fully saturated rings. The highest BCUT2D eigenvalue weighted by Crippen LogP contribution is 2.29. The zero-order valence-corrected chi connectivity index (χ0v) is 8.02. The Morgan fingerprint density at radius 2 is 2.29 bits per heavy atom. The molecular weight excluding hydrogens is 180 g/mol. The summed E-state index contributed by atoms with van der Waals surface area (Å²) in [7, 11) is 0. The van der Waals surface area contributed by atoms with Gasteiger partial charge in [-0.25, -0.2) is 9.48 Å². The summed E-state index contributed by atoms with van der Waals surface area (Å²) in [6, 6.07) is 0.329. The van der Waals surface area contributed by atoms with Crippen molar-refractivity contribution >= 4 is 0 Å².